The predicted molar refractivity (Wildman–Crippen MR) is 89.8 cm³/mol. The molecule has 1 aromatic heterocycles. The summed E-state index contributed by atoms with van der Waals surface area (Å²) in [5, 5.41) is 4.25. The van der Waals surface area contributed by atoms with Crippen LogP contribution in [-0.4, -0.2) is 34.4 Å². The van der Waals surface area contributed by atoms with Crippen molar-refractivity contribution in [2.24, 2.45) is 7.05 Å². The first kappa shape index (κ1) is 15.9. The van der Waals surface area contributed by atoms with Gasteiger partial charge in [-0.3, -0.25) is 9.58 Å². The van der Waals surface area contributed by atoms with Gasteiger partial charge in [-0.05, 0) is 25.6 Å². The summed E-state index contributed by atoms with van der Waals surface area (Å²) in [4.78, 5) is 2.39. The number of rotatable bonds is 6. The number of methoxy groups -OCH3 is 1. The molecule has 23 heavy (non-hydrogen) atoms. The third-order valence-corrected chi connectivity index (χ3v) is 4.28. The van der Waals surface area contributed by atoms with E-state index in [9.17, 15) is 0 Å². The fraction of sp³-hybridized carbons (Fsp3) is 0.500. The van der Waals surface area contributed by atoms with Gasteiger partial charge >= 0.3 is 0 Å². The third-order valence-electron chi connectivity index (χ3n) is 4.28. The number of aromatic nitrogens is 2. The second-order valence-corrected chi connectivity index (χ2v) is 6.23. The van der Waals surface area contributed by atoms with Crippen LogP contribution in [0, 0.1) is 0 Å². The minimum Gasteiger partial charge on any atom is -0.497 e. The predicted octanol–water partition coefficient (Wildman–Crippen LogP) is 2.77. The van der Waals surface area contributed by atoms with E-state index >= 15 is 0 Å². The fourth-order valence-electron chi connectivity index (χ4n) is 3.15. The van der Waals surface area contributed by atoms with Crippen LogP contribution in [-0.2, 0) is 26.6 Å². The van der Waals surface area contributed by atoms with Crippen molar-refractivity contribution in [3.05, 3.63) is 41.2 Å². The van der Waals surface area contributed by atoms with Gasteiger partial charge in [0.15, 0.2) is 0 Å². The molecular formula is C18H25N3O2. The lowest BCUT2D eigenvalue weighted by atomic mass is 10.1. The highest BCUT2D eigenvalue weighted by atomic mass is 16.5. The molecule has 0 amide bonds. The molecule has 0 radical (unpaired) electrons. The molecule has 0 spiro atoms. The smallest absolute Gasteiger partial charge is 0.127 e. The van der Waals surface area contributed by atoms with E-state index in [4.69, 9.17) is 9.47 Å². The maximum absolute atomic E-state index is 6.04. The van der Waals surface area contributed by atoms with Crippen molar-refractivity contribution >= 4 is 0 Å². The van der Waals surface area contributed by atoms with Crippen LogP contribution in [0.5, 0.6) is 11.5 Å². The van der Waals surface area contributed by atoms with Gasteiger partial charge in [0.2, 0.25) is 0 Å². The van der Waals surface area contributed by atoms with Crippen LogP contribution < -0.4 is 9.47 Å². The first-order valence-corrected chi connectivity index (χ1v) is 8.15. The second-order valence-electron chi connectivity index (χ2n) is 6.23. The molecule has 1 aliphatic rings. The SMILES string of the molecule is CCN(Cc1cnn(C)c1)Cc1cc(OC)cc2c1OC(C)C2. The van der Waals surface area contributed by atoms with E-state index < -0.39 is 0 Å². The summed E-state index contributed by atoms with van der Waals surface area (Å²) < 4.78 is 13.3. The summed E-state index contributed by atoms with van der Waals surface area (Å²) in [5.41, 5.74) is 3.68. The summed E-state index contributed by atoms with van der Waals surface area (Å²) in [5.74, 6) is 1.96. The molecule has 1 unspecified atom stereocenters. The number of hydrogen-bond acceptors (Lipinski definition) is 4. The Kier molecular flexibility index (Phi) is 4.57. The first-order chi connectivity index (χ1) is 11.1. The topological polar surface area (TPSA) is 39.5 Å². The van der Waals surface area contributed by atoms with Gasteiger partial charge in [0.25, 0.3) is 0 Å². The Bertz CT molecular complexity index is 681. The maximum atomic E-state index is 6.04. The zero-order chi connectivity index (χ0) is 16.4. The van der Waals surface area contributed by atoms with Crippen LogP contribution in [0.1, 0.15) is 30.5 Å². The van der Waals surface area contributed by atoms with E-state index in [2.05, 4.69) is 42.2 Å². The van der Waals surface area contributed by atoms with Crippen molar-refractivity contribution in [3.63, 3.8) is 0 Å². The Balaban J connectivity index is 1.81. The zero-order valence-corrected chi connectivity index (χ0v) is 14.4. The lowest BCUT2D eigenvalue weighted by Gasteiger charge is -2.21. The zero-order valence-electron chi connectivity index (χ0n) is 14.4. The second kappa shape index (κ2) is 6.62. The Labute approximate surface area is 137 Å². The molecule has 2 aromatic rings. The fourth-order valence-corrected chi connectivity index (χ4v) is 3.15. The summed E-state index contributed by atoms with van der Waals surface area (Å²) in [7, 11) is 3.67. The average molecular weight is 315 g/mol. The van der Waals surface area contributed by atoms with Crippen molar-refractivity contribution in [1.29, 1.82) is 0 Å². The van der Waals surface area contributed by atoms with E-state index in [0.717, 1.165) is 37.6 Å². The standard InChI is InChI=1S/C18H25N3O2/c1-5-21(11-14-9-19-20(3)10-14)12-16-8-17(22-4)7-15-6-13(2)23-18(15)16/h7-10,13H,5-6,11-12H2,1-4H3. The van der Waals surface area contributed by atoms with E-state index in [1.54, 1.807) is 7.11 Å². The van der Waals surface area contributed by atoms with Crippen molar-refractivity contribution in [2.75, 3.05) is 13.7 Å². The molecule has 0 saturated heterocycles. The molecule has 3 rings (SSSR count). The summed E-state index contributed by atoms with van der Waals surface area (Å²) >= 11 is 0. The number of hydrogen-bond donors (Lipinski definition) is 0. The minimum atomic E-state index is 0.240. The first-order valence-electron chi connectivity index (χ1n) is 8.15. The Morgan fingerprint density at radius 3 is 2.87 bits per heavy atom. The quantitative estimate of drug-likeness (QED) is 0.822. The Morgan fingerprint density at radius 2 is 2.22 bits per heavy atom. The highest BCUT2D eigenvalue weighted by Gasteiger charge is 2.24. The molecule has 0 bridgehead atoms. The van der Waals surface area contributed by atoms with E-state index in [-0.39, 0.29) is 6.10 Å². The molecule has 1 atom stereocenters. The summed E-state index contributed by atoms with van der Waals surface area (Å²) in [6.07, 6.45) is 5.19. The third kappa shape index (κ3) is 3.50. The molecule has 5 nitrogen and oxygen atoms in total. The van der Waals surface area contributed by atoms with Crippen LogP contribution in [0.2, 0.25) is 0 Å². The molecule has 2 heterocycles. The van der Waals surface area contributed by atoms with Crippen LogP contribution in [0.25, 0.3) is 0 Å². The average Bonchev–Trinajstić information content (AvgIpc) is 3.11. The Hall–Kier alpha value is -2.01. The number of nitrogens with zero attached hydrogens (tertiary/aromatic N) is 3. The van der Waals surface area contributed by atoms with Gasteiger partial charge in [-0.1, -0.05) is 6.92 Å². The number of fused-ring (bicyclic) bond motifs is 1. The van der Waals surface area contributed by atoms with Gasteiger partial charge in [0, 0.05) is 49.4 Å². The van der Waals surface area contributed by atoms with Gasteiger partial charge in [0.1, 0.15) is 17.6 Å². The molecule has 0 fully saturated rings. The van der Waals surface area contributed by atoms with Crippen LogP contribution >= 0.6 is 0 Å². The molecule has 0 N–H and O–H groups in total. The van der Waals surface area contributed by atoms with Crippen molar-refractivity contribution in [3.8, 4) is 11.5 Å². The van der Waals surface area contributed by atoms with Gasteiger partial charge in [-0.15, -0.1) is 0 Å². The summed E-state index contributed by atoms with van der Waals surface area (Å²) in [6.45, 7) is 6.99. The van der Waals surface area contributed by atoms with Crippen molar-refractivity contribution in [1.82, 2.24) is 14.7 Å². The van der Waals surface area contributed by atoms with Crippen molar-refractivity contribution < 1.29 is 9.47 Å². The molecular weight excluding hydrogens is 290 g/mol. The van der Waals surface area contributed by atoms with E-state index in [1.165, 1.54) is 16.7 Å². The van der Waals surface area contributed by atoms with Gasteiger partial charge in [-0.2, -0.15) is 5.10 Å². The van der Waals surface area contributed by atoms with E-state index in [1.807, 2.05) is 17.9 Å². The van der Waals surface area contributed by atoms with Gasteiger partial charge in [0.05, 0.1) is 13.3 Å². The van der Waals surface area contributed by atoms with Crippen LogP contribution in [0.4, 0.5) is 0 Å². The molecule has 124 valence electrons. The van der Waals surface area contributed by atoms with Crippen molar-refractivity contribution in [2.45, 2.75) is 39.5 Å². The highest BCUT2D eigenvalue weighted by molar-refractivity contribution is 5.49. The summed E-state index contributed by atoms with van der Waals surface area (Å²) in [6, 6.07) is 4.20. The maximum Gasteiger partial charge on any atom is 0.127 e. The molecule has 5 heteroatoms. The monoisotopic (exact) mass is 315 g/mol. The number of benzene rings is 1. The lowest BCUT2D eigenvalue weighted by Crippen LogP contribution is -2.22. The van der Waals surface area contributed by atoms with Gasteiger partial charge in [-0.25, -0.2) is 0 Å². The molecule has 0 saturated carbocycles. The van der Waals surface area contributed by atoms with Crippen LogP contribution in [0.15, 0.2) is 24.5 Å². The van der Waals surface area contributed by atoms with E-state index in [0.29, 0.717) is 0 Å². The normalized spacial score (nSPS) is 16.5. The minimum absolute atomic E-state index is 0.240. The number of ether oxygens (including phenoxy) is 2. The van der Waals surface area contributed by atoms with Crippen LogP contribution in [0.3, 0.4) is 0 Å². The molecule has 1 aliphatic heterocycles. The largest absolute Gasteiger partial charge is 0.497 e. The molecule has 0 aliphatic carbocycles. The number of aryl methyl sites for hydroxylation is 1. The highest BCUT2D eigenvalue weighted by Crippen LogP contribution is 2.37. The van der Waals surface area contributed by atoms with Gasteiger partial charge < -0.3 is 9.47 Å². The molecule has 1 aromatic carbocycles. The Morgan fingerprint density at radius 1 is 1.39 bits per heavy atom. The lowest BCUT2D eigenvalue weighted by molar-refractivity contribution is 0.237.